The molecule has 0 aliphatic rings. The summed E-state index contributed by atoms with van der Waals surface area (Å²) in [6.45, 7) is 6.15. The monoisotopic (exact) mass is 323 g/mol. The molecule has 1 rings (SSSR count). The van der Waals surface area contributed by atoms with Crippen molar-refractivity contribution in [3.63, 3.8) is 0 Å². The van der Waals surface area contributed by atoms with Gasteiger partial charge in [-0.15, -0.1) is 11.8 Å². The van der Waals surface area contributed by atoms with Gasteiger partial charge in [-0.25, -0.2) is 4.79 Å². The molecule has 0 fully saturated rings. The van der Waals surface area contributed by atoms with Crippen LogP contribution in [-0.4, -0.2) is 30.0 Å². The average Bonchev–Trinajstić information content (AvgIpc) is 2.44. The number of amides is 1. The molecular formula is C17H27N2O2S. The second-order valence-corrected chi connectivity index (χ2v) is 7.34. The first-order valence-electron chi connectivity index (χ1n) is 7.72. The number of benzene rings is 1. The highest BCUT2D eigenvalue weighted by Crippen LogP contribution is 2.19. The minimum atomic E-state index is -0.453. The van der Waals surface area contributed by atoms with Crippen molar-refractivity contribution in [2.75, 3.05) is 12.3 Å². The lowest BCUT2D eigenvalue weighted by molar-refractivity contribution is 0.0527. The van der Waals surface area contributed by atoms with E-state index >= 15 is 0 Å². The molecule has 1 atom stereocenters. The van der Waals surface area contributed by atoms with Gasteiger partial charge in [0.15, 0.2) is 0 Å². The average molecular weight is 323 g/mol. The van der Waals surface area contributed by atoms with E-state index in [1.807, 2.05) is 39.0 Å². The van der Waals surface area contributed by atoms with E-state index in [-0.39, 0.29) is 12.1 Å². The topological polar surface area (TPSA) is 62.1 Å². The summed E-state index contributed by atoms with van der Waals surface area (Å²) in [7, 11) is 0. The Hall–Kier alpha value is -1.20. The smallest absolute Gasteiger partial charge is 0.407 e. The third-order valence-electron chi connectivity index (χ3n) is 2.84. The molecule has 123 valence electrons. The van der Waals surface area contributed by atoms with E-state index in [2.05, 4.69) is 17.4 Å². The Morgan fingerprint density at radius 3 is 2.59 bits per heavy atom. The van der Waals surface area contributed by atoms with Crippen LogP contribution in [-0.2, 0) is 4.74 Å². The molecule has 0 saturated carbocycles. The molecule has 0 spiro atoms. The van der Waals surface area contributed by atoms with Crippen LogP contribution in [0.5, 0.6) is 0 Å². The first kappa shape index (κ1) is 18.8. The normalized spacial score (nSPS) is 12.7. The number of alkyl carbamates (subject to hydrolysis) is 1. The maximum atomic E-state index is 11.4. The predicted molar refractivity (Wildman–Crippen MR) is 92.1 cm³/mol. The van der Waals surface area contributed by atoms with Gasteiger partial charge in [-0.05, 0) is 45.7 Å². The van der Waals surface area contributed by atoms with Gasteiger partial charge in [0.1, 0.15) is 5.60 Å². The number of unbranched alkanes of at least 4 members (excludes halogenated alkanes) is 1. The van der Waals surface area contributed by atoms with Crippen LogP contribution in [0.2, 0.25) is 0 Å². The second-order valence-electron chi connectivity index (χ2n) is 6.25. The minimum Gasteiger partial charge on any atom is -0.444 e. The summed E-state index contributed by atoms with van der Waals surface area (Å²) in [5, 5.41) is 2.74. The quantitative estimate of drug-likeness (QED) is 0.578. The molecule has 1 aromatic carbocycles. The zero-order valence-corrected chi connectivity index (χ0v) is 14.5. The van der Waals surface area contributed by atoms with E-state index in [4.69, 9.17) is 10.5 Å². The molecule has 1 radical (unpaired) electrons. The zero-order valence-electron chi connectivity index (χ0n) is 13.7. The number of carbonyl (C=O) groups is 1. The summed E-state index contributed by atoms with van der Waals surface area (Å²) < 4.78 is 5.16. The van der Waals surface area contributed by atoms with Gasteiger partial charge in [-0.1, -0.05) is 24.6 Å². The van der Waals surface area contributed by atoms with Crippen LogP contribution < -0.4 is 11.1 Å². The number of carbonyl (C=O) groups excluding carboxylic acids is 1. The van der Waals surface area contributed by atoms with E-state index in [0.29, 0.717) is 6.54 Å². The van der Waals surface area contributed by atoms with Gasteiger partial charge >= 0.3 is 6.09 Å². The van der Waals surface area contributed by atoms with Crippen LogP contribution in [0.4, 0.5) is 4.79 Å². The molecule has 0 heterocycles. The SMILES string of the molecule is CC(C)(C)OC(=O)NCCCC[C@@H]([NH])CSc1ccccc1. The van der Waals surface area contributed by atoms with E-state index in [1.54, 1.807) is 11.8 Å². The van der Waals surface area contributed by atoms with Gasteiger partial charge in [0.25, 0.3) is 0 Å². The van der Waals surface area contributed by atoms with Crippen molar-refractivity contribution in [2.45, 2.75) is 56.6 Å². The van der Waals surface area contributed by atoms with Gasteiger partial charge < -0.3 is 10.1 Å². The molecule has 22 heavy (non-hydrogen) atoms. The first-order chi connectivity index (χ1) is 10.4. The Kier molecular flexibility index (Phi) is 8.35. The van der Waals surface area contributed by atoms with Crippen molar-refractivity contribution in [3.8, 4) is 0 Å². The van der Waals surface area contributed by atoms with E-state index < -0.39 is 5.60 Å². The number of hydrogen-bond donors (Lipinski definition) is 1. The van der Waals surface area contributed by atoms with E-state index in [1.165, 1.54) is 4.90 Å². The lowest BCUT2D eigenvalue weighted by atomic mass is 10.1. The summed E-state index contributed by atoms with van der Waals surface area (Å²) in [4.78, 5) is 12.7. The summed E-state index contributed by atoms with van der Waals surface area (Å²) in [5.74, 6) is 0.809. The molecule has 1 aromatic rings. The van der Waals surface area contributed by atoms with Crippen LogP contribution >= 0.6 is 11.8 Å². The van der Waals surface area contributed by atoms with E-state index in [0.717, 1.165) is 25.0 Å². The van der Waals surface area contributed by atoms with Crippen molar-refractivity contribution in [1.82, 2.24) is 11.1 Å². The predicted octanol–water partition coefficient (Wildman–Crippen LogP) is 4.13. The lowest BCUT2D eigenvalue weighted by Crippen LogP contribution is -2.33. The molecular weight excluding hydrogens is 296 g/mol. The molecule has 0 aliphatic heterocycles. The largest absolute Gasteiger partial charge is 0.444 e. The highest BCUT2D eigenvalue weighted by Gasteiger charge is 2.15. The van der Waals surface area contributed by atoms with Gasteiger partial charge in [0.05, 0.1) is 0 Å². The standard InChI is InChI=1S/C17H27N2O2S/c1-17(2,3)21-16(20)19-12-8-7-9-14(18)13-22-15-10-5-4-6-11-15/h4-6,10-11,14,18H,7-9,12-13H2,1-3H3,(H,19,20)/t14-/m1/s1. The minimum absolute atomic E-state index is 0.0632. The maximum Gasteiger partial charge on any atom is 0.407 e. The highest BCUT2D eigenvalue weighted by molar-refractivity contribution is 7.99. The third-order valence-corrected chi connectivity index (χ3v) is 4.02. The Balaban J connectivity index is 2.03. The molecule has 4 nitrogen and oxygen atoms in total. The van der Waals surface area contributed by atoms with Gasteiger partial charge in [0.2, 0.25) is 0 Å². The molecule has 0 aliphatic carbocycles. The van der Waals surface area contributed by atoms with Crippen LogP contribution in [0.15, 0.2) is 35.2 Å². The number of hydrogen-bond acceptors (Lipinski definition) is 3. The molecule has 0 bridgehead atoms. The first-order valence-corrected chi connectivity index (χ1v) is 8.71. The fraction of sp³-hybridized carbons (Fsp3) is 0.588. The van der Waals surface area contributed by atoms with Gasteiger partial charge in [0, 0.05) is 23.2 Å². The van der Waals surface area contributed by atoms with Crippen LogP contribution in [0.25, 0.3) is 0 Å². The fourth-order valence-corrected chi connectivity index (χ4v) is 2.73. The fourth-order valence-electron chi connectivity index (χ4n) is 1.82. The Bertz CT molecular complexity index is 432. The van der Waals surface area contributed by atoms with Crippen LogP contribution in [0.1, 0.15) is 40.0 Å². The summed E-state index contributed by atoms with van der Waals surface area (Å²) in [5.41, 5.74) is 7.57. The maximum absolute atomic E-state index is 11.4. The van der Waals surface area contributed by atoms with Crippen molar-refractivity contribution >= 4 is 17.9 Å². The number of nitrogens with one attached hydrogen (secondary N) is 2. The Morgan fingerprint density at radius 2 is 1.95 bits per heavy atom. The Morgan fingerprint density at radius 1 is 1.27 bits per heavy atom. The summed E-state index contributed by atoms with van der Waals surface area (Å²) in [6, 6.07) is 10.1. The van der Waals surface area contributed by atoms with Crippen molar-refractivity contribution in [3.05, 3.63) is 30.3 Å². The molecule has 0 saturated heterocycles. The summed E-state index contributed by atoms with van der Waals surface area (Å²) >= 11 is 1.73. The van der Waals surface area contributed by atoms with Crippen molar-refractivity contribution in [1.29, 1.82) is 0 Å². The highest BCUT2D eigenvalue weighted by atomic mass is 32.2. The number of ether oxygens (including phenoxy) is 1. The molecule has 2 N–H and O–H groups in total. The molecule has 1 amide bonds. The summed E-state index contributed by atoms with van der Waals surface area (Å²) in [6.07, 6.45) is 2.31. The lowest BCUT2D eigenvalue weighted by Gasteiger charge is -2.19. The van der Waals surface area contributed by atoms with Crippen molar-refractivity contribution < 1.29 is 9.53 Å². The van der Waals surface area contributed by atoms with Crippen LogP contribution in [0, 0.1) is 0 Å². The van der Waals surface area contributed by atoms with Gasteiger partial charge in [-0.3, -0.25) is 5.73 Å². The molecule has 0 aromatic heterocycles. The van der Waals surface area contributed by atoms with E-state index in [9.17, 15) is 4.79 Å². The van der Waals surface area contributed by atoms with Gasteiger partial charge in [-0.2, -0.15) is 0 Å². The number of rotatable bonds is 8. The third kappa shape index (κ3) is 9.68. The van der Waals surface area contributed by atoms with Crippen molar-refractivity contribution in [2.24, 2.45) is 0 Å². The molecule has 5 heteroatoms. The zero-order chi connectivity index (χ0) is 16.4. The Labute approximate surface area is 138 Å². The number of thioether (sulfide) groups is 1. The second kappa shape index (κ2) is 9.74. The van der Waals surface area contributed by atoms with Crippen LogP contribution in [0.3, 0.4) is 0 Å². The molecule has 0 unspecified atom stereocenters.